The molecule has 0 heterocycles. The van der Waals surface area contributed by atoms with Crippen LogP contribution < -0.4 is 4.74 Å². The fourth-order valence-corrected chi connectivity index (χ4v) is 4.84. The van der Waals surface area contributed by atoms with Crippen LogP contribution in [0.1, 0.15) is 33.4 Å². The summed E-state index contributed by atoms with van der Waals surface area (Å²) in [5, 5.41) is 40.8. The second-order valence-electron chi connectivity index (χ2n) is 8.75. The minimum atomic E-state index is 0.190. The predicted molar refractivity (Wildman–Crippen MR) is 131 cm³/mol. The third-order valence-corrected chi connectivity index (χ3v) is 6.58. The van der Waals surface area contributed by atoms with Crippen LogP contribution in [0.25, 0.3) is 11.1 Å². The Hall–Kier alpha value is -4.12. The summed E-state index contributed by atoms with van der Waals surface area (Å²) in [5.41, 5.74) is 7.63. The SMILES string of the molecule is COc1cc(O)c(Cc2ccc(O)cc2)c2c1-c1cc(Cc3ccc(O)cc3)c(O)cc1CC2. The average Bonchev–Trinajstić information content (AvgIpc) is 2.83. The molecule has 0 amide bonds. The molecule has 5 nitrogen and oxygen atoms in total. The van der Waals surface area contributed by atoms with E-state index in [2.05, 4.69) is 0 Å². The summed E-state index contributed by atoms with van der Waals surface area (Å²) in [6.45, 7) is 0. The molecule has 4 N–H and O–H groups in total. The standard InChI is InChI=1S/C29H26O5/c1-34-28-16-27(33)25(13-18-4-9-22(31)10-5-18)23-11-6-19-15-26(32)20(14-24(19)29(23)28)12-17-2-7-21(30)8-3-17/h2-5,7-10,14-16,30-33H,6,11-13H2,1H3. The molecule has 0 atom stereocenters. The highest BCUT2D eigenvalue weighted by Crippen LogP contribution is 2.47. The van der Waals surface area contributed by atoms with E-state index in [1.807, 2.05) is 36.4 Å². The van der Waals surface area contributed by atoms with Gasteiger partial charge in [-0.05, 0) is 82.6 Å². The second kappa shape index (κ2) is 8.67. The molecule has 0 saturated heterocycles. The Labute approximate surface area is 198 Å². The molecule has 0 radical (unpaired) electrons. The third kappa shape index (κ3) is 4.01. The van der Waals surface area contributed by atoms with Crippen molar-refractivity contribution in [3.05, 3.63) is 100 Å². The lowest BCUT2D eigenvalue weighted by atomic mass is 9.80. The molecule has 5 rings (SSSR count). The Balaban J connectivity index is 1.61. The number of ether oxygens (including phenoxy) is 1. The van der Waals surface area contributed by atoms with Crippen LogP contribution in [0.3, 0.4) is 0 Å². The van der Waals surface area contributed by atoms with Crippen molar-refractivity contribution < 1.29 is 25.2 Å². The molecular weight excluding hydrogens is 428 g/mol. The predicted octanol–water partition coefficient (Wildman–Crippen LogP) is 5.46. The number of hydrogen-bond donors (Lipinski definition) is 4. The van der Waals surface area contributed by atoms with Crippen molar-refractivity contribution in [2.24, 2.45) is 0 Å². The summed E-state index contributed by atoms with van der Waals surface area (Å²) in [5.74, 6) is 1.45. The minimum absolute atomic E-state index is 0.190. The molecule has 5 heteroatoms. The molecule has 0 spiro atoms. The summed E-state index contributed by atoms with van der Waals surface area (Å²) < 4.78 is 5.69. The maximum absolute atomic E-state index is 10.9. The van der Waals surface area contributed by atoms with Gasteiger partial charge >= 0.3 is 0 Å². The van der Waals surface area contributed by atoms with Crippen LogP contribution >= 0.6 is 0 Å². The van der Waals surface area contributed by atoms with Gasteiger partial charge in [-0.15, -0.1) is 0 Å². The first kappa shape index (κ1) is 21.7. The monoisotopic (exact) mass is 454 g/mol. The lowest BCUT2D eigenvalue weighted by Crippen LogP contribution is -2.10. The van der Waals surface area contributed by atoms with Crippen LogP contribution in [0.15, 0.2) is 66.7 Å². The van der Waals surface area contributed by atoms with E-state index in [0.29, 0.717) is 18.6 Å². The molecule has 0 unspecified atom stereocenters. The topological polar surface area (TPSA) is 90.2 Å². The zero-order valence-electron chi connectivity index (χ0n) is 18.9. The van der Waals surface area contributed by atoms with Crippen LogP contribution in [0.4, 0.5) is 0 Å². The van der Waals surface area contributed by atoms with Crippen LogP contribution in [-0.2, 0) is 25.7 Å². The Morgan fingerprint density at radius 3 is 1.94 bits per heavy atom. The number of rotatable bonds is 5. The summed E-state index contributed by atoms with van der Waals surface area (Å²) in [6.07, 6.45) is 2.52. The first-order chi connectivity index (χ1) is 16.4. The van der Waals surface area contributed by atoms with Crippen LogP contribution in [0.5, 0.6) is 28.7 Å². The molecule has 0 aliphatic heterocycles. The van der Waals surface area contributed by atoms with E-state index >= 15 is 0 Å². The van der Waals surface area contributed by atoms with Gasteiger partial charge in [0, 0.05) is 30.0 Å². The number of aryl methyl sites for hydroxylation is 1. The van der Waals surface area contributed by atoms with Crippen LogP contribution in [0, 0.1) is 0 Å². The van der Waals surface area contributed by atoms with E-state index < -0.39 is 0 Å². The highest BCUT2D eigenvalue weighted by atomic mass is 16.5. The van der Waals surface area contributed by atoms with Gasteiger partial charge in [0.25, 0.3) is 0 Å². The number of fused-ring (bicyclic) bond motifs is 3. The molecule has 1 aliphatic rings. The van der Waals surface area contributed by atoms with Gasteiger partial charge in [-0.3, -0.25) is 0 Å². The van der Waals surface area contributed by atoms with Gasteiger partial charge in [-0.2, -0.15) is 0 Å². The average molecular weight is 455 g/mol. The molecule has 0 aromatic heterocycles. The third-order valence-electron chi connectivity index (χ3n) is 6.58. The van der Waals surface area contributed by atoms with Crippen molar-refractivity contribution in [2.75, 3.05) is 7.11 Å². The first-order valence-corrected chi connectivity index (χ1v) is 11.3. The maximum Gasteiger partial charge on any atom is 0.130 e. The fraction of sp³-hybridized carbons (Fsp3) is 0.172. The van der Waals surface area contributed by atoms with Gasteiger partial charge in [-0.1, -0.05) is 24.3 Å². The molecule has 0 saturated carbocycles. The number of aromatic hydroxyl groups is 4. The van der Waals surface area contributed by atoms with E-state index in [1.54, 1.807) is 37.4 Å². The summed E-state index contributed by atoms with van der Waals surface area (Å²) in [7, 11) is 1.60. The van der Waals surface area contributed by atoms with Gasteiger partial charge in [-0.25, -0.2) is 0 Å². The van der Waals surface area contributed by atoms with Gasteiger partial charge in [0.1, 0.15) is 28.7 Å². The molecular formula is C29H26O5. The van der Waals surface area contributed by atoms with Crippen molar-refractivity contribution in [2.45, 2.75) is 25.7 Å². The number of hydrogen-bond acceptors (Lipinski definition) is 5. The van der Waals surface area contributed by atoms with Crippen molar-refractivity contribution in [1.82, 2.24) is 0 Å². The van der Waals surface area contributed by atoms with Crippen LogP contribution in [0.2, 0.25) is 0 Å². The van der Waals surface area contributed by atoms with Gasteiger partial charge in [0.15, 0.2) is 0 Å². The van der Waals surface area contributed by atoms with Crippen LogP contribution in [-0.4, -0.2) is 27.5 Å². The Morgan fingerprint density at radius 1 is 0.706 bits per heavy atom. The Bertz CT molecular complexity index is 1360. The summed E-state index contributed by atoms with van der Waals surface area (Å²) in [6, 6.07) is 19.5. The van der Waals surface area contributed by atoms with Crippen molar-refractivity contribution in [1.29, 1.82) is 0 Å². The van der Waals surface area contributed by atoms with Gasteiger partial charge in [0.05, 0.1) is 7.11 Å². The number of phenols is 4. The van der Waals surface area contributed by atoms with Crippen molar-refractivity contribution in [3.63, 3.8) is 0 Å². The molecule has 172 valence electrons. The van der Waals surface area contributed by atoms with E-state index in [4.69, 9.17) is 4.74 Å². The molecule has 0 fully saturated rings. The fourth-order valence-electron chi connectivity index (χ4n) is 4.84. The molecule has 1 aliphatic carbocycles. The first-order valence-electron chi connectivity index (χ1n) is 11.3. The number of benzene rings is 4. The molecule has 4 aromatic rings. The Morgan fingerprint density at radius 2 is 1.32 bits per heavy atom. The molecule has 0 bridgehead atoms. The highest BCUT2D eigenvalue weighted by molar-refractivity contribution is 5.82. The lowest BCUT2D eigenvalue weighted by Gasteiger charge is -2.26. The zero-order chi connectivity index (χ0) is 23.8. The highest BCUT2D eigenvalue weighted by Gasteiger charge is 2.26. The van der Waals surface area contributed by atoms with Gasteiger partial charge < -0.3 is 25.2 Å². The van der Waals surface area contributed by atoms with Crippen molar-refractivity contribution >= 4 is 0 Å². The lowest BCUT2D eigenvalue weighted by molar-refractivity contribution is 0.407. The quantitative estimate of drug-likeness (QED) is 0.321. The van der Waals surface area contributed by atoms with E-state index in [0.717, 1.165) is 57.3 Å². The number of phenolic OH excluding ortho intramolecular Hbond substituents is 4. The van der Waals surface area contributed by atoms with E-state index in [1.165, 1.54) is 0 Å². The number of methoxy groups -OCH3 is 1. The normalized spacial score (nSPS) is 12.1. The van der Waals surface area contributed by atoms with Crippen molar-refractivity contribution in [3.8, 4) is 39.9 Å². The molecule has 34 heavy (non-hydrogen) atoms. The zero-order valence-corrected chi connectivity index (χ0v) is 18.9. The minimum Gasteiger partial charge on any atom is -0.508 e. The van der Waals surface area contributed by atoms with E-state index in [-0.39, 0.29) is 23.0 Å². The summed E-state index contributed by atoms with van der Waals surface area (Å²) >= 11 is 0. The van der Waals surface area contributed by atoms with E-state index in [9.17, 15) is 20.4 Å². The second-order valence-corrected chi connectivity index (χ2v) is 8.75. The summed E-state index contributed by atoms with van der Waals surface area (Å²) in [4.78, 5) is 0. The molecule has 4 aromatic carbocycles. The largest absolute Gasteiger partial charge is 0.508 e. The maximum atomic E-state index is 10.9. The Kier molecular flexibility index (Phi) is 5.54. The van der Waals surface area contributed by atoms with Gasteiger partial charge in [0.2, 0.25) is 0 Å². The smallest absolute Gasteiger partial charge is 0.130 e.